The first-order chi connectivity index (χ1) is 8.77. The lowest BCUT2D eigenvalue weighted by molar-refractivity contribution is -0.556. The number of ether oxygens (including phenoxy) is 1. The Hall–Kier alpha value is -2.46. The summed E-state index contributed by atoms with van der Waals surface area (Å²) in [7, 11) is 1.57. The molecule has 2 rings (SSSR count). The van der Waals surface area contributed by atoms with Crippen LogP contribution < -0.4 is 9.86 Å². The first kappa shape index (κ1) is 12.0. The number of aromatic nitrogens is 3. The smallest absolute Gasteiger partial charge is 0.319 e. The number of nitriles is 1. The van der Waals surface area contributed by atoms with E-state index < -0.39 is 0 Å². The van der Waals surface area contributed by atoms with Crippen LogP contribution in [0.4, 0.5) is 5.95 Å². The van der Waals surface area contributed by atoms with Crippen LogP contribution in [0.15, 0.2) is 24.3 Å². The Balaban J connectivity index is 2.52. The zero-order valence-corrected chi connectivity index (χ0v) is 9.83. The maximum Gasteiger partial charge on any atom is 0.319 e. The summed E-state index contributed by atoms with van der Waals surface area (Å²) in [6, 6.07) is 6.83. The molecule has 1 aromatic carbocycles. The van der Waals surface area contributed by atoms with Crippen LogP contribution in [0, 0.1) is 16.4 Å². The Labute approximate surface area is 103 Å². The second kappa shape index (κ2) is 5.25. The number of benzene rings is 1. The quantitative estimate of drug-likeness (QED) is 0.621. The maximum absolute atomic E-state index is 12.0. The molecule has 0 aliphatic heterocycles. The zero-order chi connectivity index (χ0) is 13.0. The van der Waals surface area contributed by atoms with Crippen molar-refractivity contribution in [2.45, 2.75) is 0 Å². The fraction of sp³-hybridized carbons (Fsp3) is 0.273. The van der Waals surface area contributed by atoms with Gasteiger partial charge in [0.15, 0.2) is 4.54 Å². The molecular weight excluding hydrogens is 234 g/mol. The van der Waals surface area contributed by atoms with Crippen molar-refractivity contribution in [1.82, 2.24) is 9.67 Å². The third-order valence-corrected chi connectivity index (χ3v) is 2.38. The van der Waals surface area contributed by atoms with Gasteiger partial charge in [-0.3, -0.25) is 0 Å². The van der Waals surface area contributed by atoms with E-state index in [1.165, 1.54) is 0 Å². The molecule has 1 N–H and O–H groups in total. The van der Waals surface area contributed by atoms with E-state index in [1.54, 1.807) is 37.6 Å². The first-order valence-corrected chi connectivity index (χ1v) is 5.35. The molecule has 1 aromatic heterocycles. The number of fused-ring (bicyclic) bond motifs is 1. The Bertz CT molecular complexity index is 659. The Morgan fingerprint density at radius 2 is 2.33 bits per heavy atom. The lowest BCUT2D eigenvalue weighted by Gasteiger charge is -2.03. The summed E-state index contributed by atoms with van der Waals surface area (Å²) >= 11 is 0. The predicted octanol–water partition coefficient (Wildman–Crippen LogP) is 0.338. The number of nitrogens with one attached hydrogen (secondary N) is 1. The molecule has 1 heterocycles. The van der Waals surface area contributed by atoms with Gasteiger partial charge in [0.2, 0.25) is 0 Å². The van der Waals surface area contributed by atoms with Gasteiger partial charge in [-0.1, -0.05) is 12.1 Å². The highest BCUT2D eigenvalue weighted by Gasteiger charge is 2.17. The molecule has 0 saturated heterocycles. The van der Waals surface area contributed by atoms with Gasteiger partial charge in [-0.05, 0) is 6.07 Å². The van der Waals surface area contributed by atoms with Gasteiger partial charge in [-0.2, -0.15) is 5.26 Å². The van der Waals surface area contributed by atoms with E-state index in [2.05, 4.69) is 10.3 Å². The number of nitrogens with zero attached hydrogens (tertiary/aromatic N) is 4. The van der Waals surface area contributed by atoms with Gasteiger partial charge in [0.05, 0.1) is 11.5 Å². The molecular formula is C11H12N5O2+. The topological polar surface area (TPSA) is 85.8 Å². The molecule has 0 radical (unpaired) electrons. The summed E-state index contributed by atoms with van der Waals surface area (Å²) in [5.41, 5.74) is 0.871. The minimum absolute atomic E-state index is 0.197. The average molecular weight is 246 g/mol. The van der Waals surface area contributed by atoms with Crippen LogP contribution in [0.2, 0.25) is 0 Å². The van der Waals surface area contributed by atoms with Crippen molar-refractivity contribution in [2.75, 3.05) is 25.6 Å². The summed E-state index contributed by atoms with van der Waals surface area (Å²) in [5.74, 6) is 0.197. The molecule has 0 saturated carbocycles. The molecule has 92 valence electrons. The Morgan fingerprint density at radius 1 is 1.56 bits per heavy atom. The summed E-state index contributed by atoms with van der Waals surface area (Å²) in [6.07, 6.45) is 1.78. The molecule has 0 atom stereocenters. The molecule has 0 bridgehead atoms. The van der Waals surface area contributed by atoms with Crippen molar-refractivity contribution < 1.29 is 9.28 Å². The Morgan fingerprint density at radius 3 is 3.06 bits per heavy atom. The molecule has 0 spiro atoms. The van der Waals surface area contributed by atoms with Crippen molar-refractivity contribution in [3.05, 3.63) is 29.2 Å². The molecule has 0 unspecified atom stereocenters. The fourth-order valence-corrected chi connectivity index (χ4v) is 1.54. The molecule has 7 heteroatoms. The van der Waals surface area contributed by atoms with Gasteiger partial charge in [-0.15, -0.1) is 0 Å². The van der Waals surface area contributed by atoms with Crippen molar-refractivity contribution in [3.63, 3.8) is 0 Å². The van der Waals surface area contributed by atoms with Crippen molar-refractivity contribution in [2.24, 2.45) is 0 Å². The van der Waals surface area contributed by atoms with Crippen LogP contribution in [0.5, 0.6) is 0 Å². The number of para-hydroxylation sites is 2. The predicted molar refractivity (Wildman–Crippen MR) is 64.5 cm³/mol. The van der Waals surface area contributed by atoms with Crippen LogP contribution >= 0.6 is 0 Å². The number of hydrogen-bond donors (Lipinski definition) is 1. The van der Waals surface area contributed by atoms with Gasteiger partial charge in [0.25, 0.3) is 12.1 Å². The van der Waals surface area contributed by atoms with Gasteiger partial charge in [0, 0.05) is 24.4 Å². The fourth-order valence-electron chi connectivity index (χ4n) is 1.54. The van der Waals surface area contributed by atoms with Gasteiger partial charge in [0.1, 0.15) is 5.52 Å². The standard InChI is InChI=1S/C11H12N5O2/c1-18-7-6-13-11-14-9-4-2-3-5-10(9)16(17)15(11)8-12/h2-5H,6-7H2,1H3,(H,13,14)/q+1. The van der Waals surface area contributed by atoms with Gasteiger partial charge in [-0.25, -0.2) is 4.98 Å². The zero-order valence-electron chi connectivity index (χ0n) is 9.83. The number of methoxy groups -OCH3 is 1. The number of hydrogen-bond acceptors (Lipinski definition) is 5. The highest BCUT2D eigenvalue weighted by Crippen LogP contribution is 2.08. The van der Waals surface area contributed by atoms with Crippen LogP contribution in [0.1, 0.15) is 0 Å². The van der Waals surface area contributed by atoms with Crippen molar-refractivity contribution in [3.8, 4) is 6.19 Å². The highest BCUT2D eigenvalue weighted by atomic mass is 16.5. The molecule has 2 aromatic rings. The summed E-state index contributed by atoms with van der Waals surface area (Å²) in [5, 5.41) is 11.9. The number of rotatable bonds is 4. The largest absolute Gasteiger partial charge is 0.383 e. The van der Waals surface area contributed by atoms with Crippen LogP contribution in [-0.2, 0) is 4.74 Å². The van der Waals surface area contributed by atoms with E-state index in [0.717, 1.165) is 4.68 Å². The SMILES string of the molecule is COCCNc1nc2ccccc2[n+](=O)n1C#N. The van der Waals surface area contributed by atoms with E-state index >= 15 is 0 Å². The second-order valence-corrected chi connectivity index (χ2v) is 3.53. The summed E-state index contributed by atoms with van der Waals surface area (Å²) in [6.45, 7) is 0.919. The Kier molecular flexibility index (Phi) is 3.50. The molecule has 7 nitrogen and oxygen atoms in total. The molecule has 0 fully saturated rings. The van der Waals surface area contributed by atoms with Crippen LogP contribution in [-0.4, -0.2) is 29.9 Å². The lowest BCUT2D eigenvalue weighted by atomic mass is 10.3. The first-order valence-electron chi connectivity index (χ1n) is 5.35. The van der Waals surface area contributed by atoms with E-state index in [0.29, 0.717) is 28.7 Å². The monoisotopic (exact) mass is 246 g/mol. The highest BCUT2D eigenvalue weighted by molar-refractivity contribution is 5.71. The molecule has 0 amide bonds. The van der Waals surface area contributed by atoms with E-state index in [1.807, 2.05) is 0 Å². The average Bonchev–Trinajstić information content (AvgIpc) is 2.39. The van der Waals surface area contributed by atoms with Gasteiger partial charge < -0.3 is 10.1 Å². The minimum atomic E-state index is 0.197. The van der Waals surface area contributed by atoms with E-state index in [-0.39, 0.29) is 5.95 Å². The van der Waals surface area contributed by atoms with Crippen LogP contribution in [0.3, 0.4) is 0 Å². The summed E-state index contributed by atoms with van der Waals surface area (Å²) in [4.78, 5) is 16.2. The third kappa shape index (κ3) is 2.14. The third-order valence-electron chi connectivity index (χ3n) is 2.38. The summed E-state index contributed by atoms with van der Waals surface area (Å²) < 4.78 is 6.26. The second-order valence-electron chi connectivity index (χ2n) is 3.53. The maximum atomic E-state index is 12.0. The lowest BCUT2D eigenvalue weighted by Crippen LogP contribution is -2.32. The minimum Gasteiger partial charge on any atom is -0.383 e. The molecule has 0 aliphatic carbocycles. The molecule has 18 heavy (non-hydrogen) atoms. The number of anilines is 1. The normalized spacial score (nSPS) is 10.2. The van der Waals surface area contributed by atoms with E-state index in [9.17, 15) is 4.91 Å². The van der Waals surface area contributed by atoms with Gasteiger partial charge >= 0.3 is 5.52 Å². The molecule has 0 aliphatic rings. The van der Waals surface area contributed by atoms with Crippen molar-refractivity contribution in [1.29, 1.82) is 5.26 Å². The van der Waals surface area contributed by atoms with E-state index in [4.69, 9.17) is 10.00 Å². The van der Waals surface area contributed by atoms with Crippen molar-refractivity contribution >= 4 is 17.0 Å². The van der Waals surface area contributed by atoms with Crippen LogP contribution in [0.25, 0.3) is 11.0 Å².